The first-order valence-electron chi connectivity index (χ1n) is 7.62. The Labute approximate surface area is 139 Å². The number of ether oxygens (including phenoxy) is 1. The molecule has 7 nitrogen and oxygen atoms in total. The molecule has 0 aromatic carbocycles. The summed E-state index contributed by atoms with van der Waals surface area (Å²) in [6, 6.07) is 2.05. The molecule has 8 heteroatoms. The lowest BCUT2D eigenvalue weighted by atomic mass is 10.2. The number of aromatic nitrogens is 3. The van der Waals surface area contributed by atoms with E-state index in [0.29, 0.717) is 26.2 Å². The van der Waals surface area contributed by atoms with Crippen molar-refractivity contribution in [3.8, 4) is 0 Å². The van der Waals surface area contributed by atoms with Gasteiger partial charge in [-0.05, 0) is 22.4 Å². The van der Waals surface area contributed by atoms with Gasteiger partial charge in [0.25, 0.3) is 0 Å². The van der Waals surface area contributed by atoms with Crippen LogP contribution in [0, 0.1) is 0 Å². The van der Waals surface area contributed by atoms with E-state index < -0.39 is 0 Å². The smallest absolute Gasteiger partial charge is 0.236 e. The minimum atomic E-state index is 0.0421. The van der Waals surface area contributed by atoms with Crippen LogP contribution in [-0.4, -0.2) is 69.9 Å². The highest BCUT2D eigenvalue weighted by atomic mass is 32.1. The van der Waals surface area contributed by atoms with Gasteiger partial charge in [-0.3, -0.25) is 14.4 Å². The van der Waals surface area contributed by atoms with Crippen LogP contribution < -0.4 is 0 Å². The Kier molecular flexibility index (Phi) is 5.37. The molecule has 1 amide bonds. The standard InChI is InChI=1S/C15H21N5O2S/c1-18(6-13-2-5-23-10-13)15(21)9-19-3-4-22-14(7-19)8-20-12-16-11-17-20/h2,5,10-12,14H,3-4,6-9H2,1H3/t14-/m0/s1. The zero-order valence-corrected chi connectivity index (χ0v) is 14.0. The van der Waals surface area contributed by atoms with Crippen LogP contribution in [0.5, 0.6) is 0 Å². The second-order valence-corrected chi connectivity index (χ2v) is 6.51. The summed E-state index contributed by atoms with van der Waals surface area (Å²) in [6.07, 6.45) is 3.24. The highest BCUT2D eigenvalue weighted by molar-refractivity contribution is 7.07. The molecule has 1 atom stereocenters. The number of carbonyl (C=O) groups excluding carboxylic acids is 1. The lowest BCUT2D eigenvalue weighted by Crippen LogP contribution is -2.48. The third-order valence-electron chi connectivity index (χ3n) is 3.86. The maximum absolute atomic E-state index is 12.4. The molecule has 1 aliphatic heterocycles. The fraction of sp³-hybridized carbons (Fsp3) is 0.533. The Bertz CT molecular complexity index is 601. The lowest BCUT2D eigenvalue weighted by molar-refractivity contribution is -0.133. The molecule has 1 fully saturated rings. The molecular formula is C15H21N5O2S. The minimum absolute atomic E-state index is 0.0421. The lowest BCUT2D eigenvalue weighted by Gasteiger charge is -2.33. The van der Waals surface area contributed by atoms with Crippen molar-refractivity contribution in [2.24, 2.45) is 0 Å². The molecular weight excluding hydrogens is 314 g/mol. The van der Waals surface area contributed by atoms with Crippen LogP contribution in [0.4, 0.5) is 0 Å². The second-order valence-electron chi connectivity index (χ2n) is 5.73. The molecule has 0 spiro atoms. The normalized spacial score (nSPS) is 18.9. The molecule has 3 heterocycles. The highest BCUT2D eigenvalue weighted by Crippen LogP contribution is 2.10. The summed E-state index contributed by atoms with van der Waals surface area (Å²) in [6.45, 7) is 3.91. The molecule has 0 radical (unpaired) electrons. The molecule has 0 saturated carbocycles. The van der Waals surface area contributed by atoms with Crippen molar-refractivity contribution in [1.29, 1.82) is 0 Å². The van der Waals surface area contributed by atoms with Crippen molar-refractivity contribution in [3.63, 3.8) is 0 Å². The van der Waals surface area contributed by atoms with Gasteiger partial charge in [-0.15, -0.1) is 0 Å². The van der Waals surface area contributed by atoms with Gasteiger partial charge in [0, 0.05) is 26.7 Å². The van der Waals surface area contributed by atoms with E-state index in [1.807, 2.05) is 12.4 Å². The van der Waals surface area contributed by atoms with Crippen LogP contribution in [0.25, 0.3) is 0 Å². The van der Waals surface area contributed by atoms with Gasteiger partial charge in [0.05, 0.1) is 25.8 Å². The number of rotatable bonds is 6. The Balaban J connectivity index is 1.47. The Morgan fingerprint density at radius 3 is 3.22 bits per heavy atom. The molecule has 124 valence electrons. The third-order valence-corrected chi connectivity index (χ3v) is 4.60. The van der Waals surface area contributed by atoms with Crippen molar-refractivity contribution in [2.45, 2.75) is 19.2 Å². The molecule has 1 saturated heterocycles. The fourth-order valence-electron chi connectivity index (χ4n) is 2.63. The average molecular weight is 335 g/mol. The van der Waals surface area contributed by atoms with Crippen molar-refractivity contribution in [1.82, 2.24) is 24.6 Å². The number of morpholine rings is 1. The summed E-state index contributed by atoms with van der Waals surface area (Å²) >= 11 is 1.65. The van der Waals surface area contributed by atoms with Crippen molar-refractivity contribution < 1.29 is 9.53 Å². The van der Waals surface area contributed by atoms with Crippen LogP contribution in [0.15, 0.2) is 29.5 Å². The fourth-order valence-corrected chi connectivity index (χ4v) is 3.29. The van der Waals surface area contributed by atoms with E-state index in [-0.39, 0.29) is 12.0 Å². The van der Waals surface area contributed by atoms with E-state index in [0.717, 1.165) is 13.1 Å². The van der Waals surface area contributed by atoms with E-state index in [9.17, 15) is 4.79 Å². The van der Waals surface area contributed by atoms with Gasteiger partial charge in [-0.1, -0.05) is 0 Å². The topological polar surface area (TPSA) is 63.5 Å². The van der Waals surface area contributed by atoms with E-state index in [1.54, 1.807) is 27.2 Å². The number of carbonyl (C=O) groups is 1. The summed E-state index contributed by atoms with van der Waals surface area (Å²) in [5.74, 6) is 0.137. The van der Waals surface area contributed by atoms with E-state index in [2.05, 4.69) is 26.4 Å². The third kappa shape index (κ3) is 4.60. The predicted octanol–water partition coefficient (Wildman–Crippen LogP) is 0.699. The molecule has 3 rings (SSSR count). The average Bonchev–Trinajstić information content (AvgIpc) is 3.21. The maximum atomic E-state index is 12.4. The molecule has 0 aliphatic carbocycles. The number of thiophene rings is 1. The van der Waals surface area contributed by atoms with Crippen LogP contribution in [-0.2, 0) is 22.6 Å². The molecule has 0 N–H and O–H groups in total. The summed E-state index contributed by atoms with van der Waals surface area (Å²) in [7, 11) is 1.85. The zero-order valence-electron chi connectivity index (χ0n) is 13.2. The van der Waals surface area contributed by atoms with E-state index in [4.69, 9.17) is 4.74 Å². The summed E-state index contributed by atoms with van der Waals surface area (Å²) in [4.78, 5) is 20.2. The Hall–Kier alpha value is -1.77. The first kappa shape index (κ1) is 16.1. The number of hydrogen-bond acceptors (Lipinski definition) is 6. The quantitative estimate of drug-likeness (QED) is 0.778. The summed E-state index contributed by atoms with van der Waals surface area (Å²) in [5.41, 5.74) is 1.18. The van der Waals surface area contributed by atoms with Gasteiger partial charge in [0.1, 0.15) is 12.7 Å². The Morgan fingerprint density at radius 1 is 1.57 bits per heavy atom. The molecule has 2 aromatic heterocycles. The second kappa shape index (κ2) is 7.67. The van der Waals surface area contributed by atoms with Gasteiger partial charge in [0.15, 0.2) is 0 Å². The van der Waals surface area contributed by atoms with Gasteiger partial charge in [-0.25, -0.2) is 4.98 Å². The number of nitrogens with zero attached hydrogens (tertiary/aromatic N) is 5. The van der Waals surface area contributed by atoms with Gasteiger partial charge in [0.2, 0.25) is 5.91 Å². The Morgan fingerprint density at radius 2 is 2.48 bits per heavy atom. The van der Waals surface area contributed by atoms with Crippen LogP contribution >= 0.6 is 11.3 Å². The van der Waals surface area contributed by atoms with Crippen LogP contribution in [0.1, 0.15) is 5.56 Å². The number of likely N-dealkylation sites (N-methyl/N-ethyl adjacent to an activating group) is 1. The molecule has 23 heavy (non-hydrogen) atoms. The van der Waals surface area contributed by atoms with Crippen molar-refractivity contribution in [2.75, 3.05) is 33.3 Å². The van der Waals surface area contributed by atoms with Gasteiger partial charge < -0.3 is 9.64 Å². The largest absolute Gasteiger partial charge is 0.374 e. The summed E-state index contributed by atoms with van der Waals surface area (Å²) < 4.78 is 7.52. The van der Waals surface area contributed by atoms with E-state index in [1.165, 1.54) is 11.9 Å². The van der Waals surface area contributed by atoms with Crippen LogP contribution in [0.3, 0.4) is 0 Å². The monoisotopic (exact) mass is 335 g/mol. The maximum Gasteiger partial charge on any atom is 0.236 e. The first-order valence-corrected chi connectivity index (χ1v) is 8.56. The van der Waals surface area contributed by atoms with Crippen molar-refractivity contribution >= 4 is 17.2 Å². The van der Waals surface area contributed by atoms with Crippen LogP contribution in [0.2, 0.25) is 0 Å². The molecule has 1 aliphatic rings. The predicted molar refractivity (Wildman–Crippen MR) is 87.0 cm³/mol. The highest BCUT2D eigenvalue weighted by Gasteiger charge is 2.23. The summed E-state index contributed by atoms with van der Waals surface area (Å²) in [5, 5.41) is 8.21. The molecule has 2 aromatic rings. The molecule has 0 unspecified atom stereocenters. The first-order chi connectivity index (χ1) is 11.2. The van der Waals surface area contributed by atoms with Gasteiger partial charge in [-0.2, -0.15) is 16.4 Å². The zero-order chi connectivity index (χ0) is 16.1. The SMILES string of the molecule is CN(Cc1ccsc1)C(=O)CN1CCO[C@H](Cn2cncn2)C1. The van der Waals surface area contributed by atoms with Crippen molar-refractivity contribution in [3.05, 3.63) is 35.0 Å². The van der Waals surface area contributed by atoms with E-state index >= 15 is 0 Å². The number of amides is 1. The van der Waals surface area contributed by atoms with Gasteiger partial charge >= 0.3 is 0 Å². The number of hydrogen-bond donors (Lipinski definition) is 0. The minimum Gasteiger partial charge on any atom is -0.374 e. The molecule has 0 bridgehead atoms.